The summed E-state index contributed by atoms with van der Waals surface area (Å²) in [5.74, 6) is 2.05. The summed E-state index contributed by atoms with van der Waals surface area (Å²) in [5.41, 5.74) is 2.73. The quantitative estimate of drug-likeness (QED) is 0.535. The average molecular weight is 412 g/mol. The Morgan fingerprint density at radius 2 is 2.00 bits per heavy atom. The van der Waals surface area contributed by atoms with Crippen molar-refractivity contribution in [2.45, 2.75) is 59.7 Å². The van der Waals surface area contributed by atoms with Crippen molar-refractivity contribution in [1.29, 1.82) is 0 Å². The molecule has 0 aliphatic carbocycles. The van der Waals surface area contributed by atoms with Gasteiger partial charge in [0.15, 0.2) is 5.96 Å². The lowest BCUT2D eigenvalue weighted by Gasteiger charge is -2.37. The number of hydrogen-bond donors (Lipinski definition) is 1. The monoisotopic (exact) mass is 411 g/mol. The second kappa shape index (κ2) is 11.1. The minimum Gasteiger partial charge on any atom is -0.354 e. The third-order valence-electron chi connectivity index (χ3n) is 5.76. The molecule has 7 heteroatoms. The Labute approximate surface area is 181 Å². The summed E-state index contributed by atoms with van der Waals surface area (Å²) in [6.07, 6.45) is 3.78. The van der Waals surface area contributed by atoms with Gasteiger partial charge in [-0.1, -0.05) is 43.7 Å². The largest absolute Gasteiger partial charge is 0.354 e. The van der Waals surface area contributed by atoms with Crippen LogP contribution in [0.1, 0.15) is 44.1 Å². The topological polar surface area (TPSA) is 61.6 Å². The maximum Gasteiger partial charge on any atom is 0.194 e. The van der Waals surface area contributed by atoms with Crippen LogP contribution in [0.4, 0.5) is 0 Å². The van der Waals surface area contributed by atoms with Crippen LogP contribution in [0, 0.1) is 6.92 Å². The number of nitrogens with one attached hydrogen (secondary N) is 1. The summed E-state index contributed by atoms with van der Waals surface area (Å²) < 4.78 is 2.10. The van der Waals surface area contributed by atoms with Crippen molar-refractivity contribution in [3.63, 3.8) is 0 Å². The highest BCUT2D eigenvalue weighted by molar-refractivity contribution is 5.80. The molecule has 30 heavy (non-hydrogen) atoms. The molecule has 0 saturated carbocycles. The first-order chi connectivity index (χ1) is 14.6. The fourth-order valence-electron chi connectivity index (χ4n) is 3.75. The number of piperazine rings is 1. The normalized spacial score (nSPS) is 16.7. The second-order valence-corrected chi connectivity index (χ2v) is 8.21. The van der Waals surface area contributed by atoms with Gasteiger partial charge in [0.1, 0.15) is 12.2 Å². The first kappa shape index (κ1) is 22.3. The molecule has 1 fully saturated rings. The summed E-state index contributed by atoms with van der Waals surface area (Å²) in [7, 11) is 0. The van der Waals surface area contributed by atoms with E-state index >= 15 is 0 Å². The molecule has 1 atom stereocenters. The maximum absolute atomic E-state index is 4.94. The Morgan fingerprint density at radius 3 is 2.70 bits per heavy atom. The molecule has 2 heterocycles. The van der Waals surface area contributed by atoms with Crippen LogP contribution in [0.2, 0.25) is 0 Å². The van der Waals surface area contributed by atoms with Gasteiger partial charge in [0.05, 0.1) is 6.54 Å². The third kappa shape index (κ3) is 6.29. The summed E-state index contributed by atoms with van der Waals surface area (Å²) in [5, 5.41) is 11.8. The number of nitrogens with zero attached hydrogens (tertiary/aromatic N) is 6. The third-order valence-corrected chi connectivity index (χ3v) is 5.76. The second-order valence-electron chi connectivity index (χ2n) is 8.21. The molecule has 1 N–H and O–H groups in total. The SMILES string of the molecule is CCc1nncn1CCN=C(NC(C)CC)N1CCN(Cc2cccc(C)c2)CC1. The van der Waals surface area contributed by atoms with Gasteiger partial charge in [0, 0.05) is 51.7 Å². The number of benzene rings is 1. The number of guanidine groups is 1. The van der Waals surface area contributed by atoms with Crippen molar-refractivity contribution in [3.8, 4) is 0 Å². The van der Waals surface area contributed by atoms with E-state index in [2.05, 4.69) is 81.8 Å². The standard InChI is InChI=1S/C23H37N7/c1-5-20(4)26-23(24-10-11-30-18-25-27-22(30)6-2)29-14-12-28(13-15-29)17-21-9-7-8-19(3)16-21/h7-9,16,18,20H,5-6,10-15,17H2,1-4H3,(H,24,26). The Morgan fingerprint density at radius 1 is 1.20 bits per heavy atom. The van der Waals surface area contributed by atoms with Gasteiger partial charge in [-0.15, -0.1) is 10.2 Å². The molecule has 3 rings (SSSR count). The fraction of sp³-hybridized carbons (Fsp3) is 0.609. The molecule has 1 aromatic carbocycles. The maximum atomic E-state index is 4.94. The Balaban J connectivity index is 1.57. The minimum atomic E-state index is 0.412. The van der Waals surface area contributed by atoms with E-state index < -0.39 is 0 Å². The van der Waals surface area contributed by atoms with Crippen LogP contribution in [-0.4, -0.2) is 69.3 Å². The van der Waals surface area contributed by atoms with E-state index in [0.29, 0.717) is 6.04 Å². The van der Waals surface area contributed by atoms with E-state index in [4.69, 9.17) is 4.99 Å². The first-order valence-corrected chi connectivity index (χ1v) is 11.3. The molecule has 1 saturated heterocycles. The van der Waals surface area contributed by atoms with Crippen LogP contribution in [-0.2, 0) is 19.5 Å². The van der Waals surface area contributed by atoms with Crippen LogP contribution >= 0.6 is 0 Å². The van der Waals surface area contributed by atoms with Gasteiger partial charge in [-0.3, -0.25) is 9.89 Å². The molecule has 1 aliphatic heterocycles. The van der Waals surface area contributed by atoms with Crippen LogP contribution < -0.4 is 5.32 Å². The predicted molar refractivity (Wildman–Crippen MR) is 123 cm³/mol. The Hall–Kier alpha value is -2.41. The van der Waals surface area contributed by atoms with Crippen LogP contribution in [0.5, 0.6) is 0 Å². The van der Waals surface area contributed by atoms with Gasteiger partial charge >= 0.3 is 0 Å². The van der Waals surface area contributed by atoms with Crippen molar-refractivity contribution in [2.24, 2.45) is 4.99 Å². The molecular formula is C23H37N7. The average Bonchev–Trinajstić information content (AvgIpc) is 3.21. The lowest BCUT2D eigenvalue weighted by molar-refractivity contribution is 0.171. The minimum absolute atomic E-state index is 0.412. The summed E-state index contributed by atoms with van der Waals surface area (Å²) in [6, 6.07) is 9.25. The highest BCUT2D eigenvalue weighted by atomic mass is 15.4. The molecule has 1 unspecified atom stereocenters. The number of hydrogen-bond acceptors (Lipinski definition) is 4. The molecule has 1 aliphatic rings. The van der Waals surface area contributed by atoms with Gasteiger partial charge in [-0.05, 0) is 25.8 Å². The molecule has 0 spiro atoms. The zero-order chi connectivity index (χ0) is 21.3. The highest BCUT2D eigenvalue weighted by Gasteiger charge is 2.20. The van der Waals surface area contributed by atoms with Gasteiger partial charge in [-0.25, -0.2) is 0 Å². The highest BCUT2D eigenvalue weighted by Crippen LogP contribution is 2.11. The van der Waals surface area contributed by atoms with E-state index in [1.807, 2.05) is 0 Å². The zero-order valence-electron chi connectivity index (χ0n) is 19.0. The molecule has 164 valence electrons. The van der Waals surface area contributed by atoms with Gasteiger partial charge in [0.2, 0.25) is 0 Å². The number of aliphatic imine (C=N–C) groups is 1. The first-order valence-electron chi connectivity index (χ1n) is 11.3. The van der Waals surface area contributed by atoms with Crippen molar-refractivity contribution in [1.82, 2.24) is 29.9 Å². The number of aromatic nitrogens is 3. The molecule has 1 aromatic heterocycles. The number of rotatable bonds is 8. The van der Waals surface area contributed by atoms with Crippen molar-refractivity contribution >= 4 is 5.96 Å². The lowest BCUT2D eigenvalue weighted by atomic mass is 10.1. The van der Waals surface area contributed by atoms with E-state index in [0.717, 1.165) is 70.4 Å². The van der Waals surface area contributed by atoms with Crippen LogP contribution in [0.3, 0.4) is 0 Å². The van der Waals surface area contributed by atoms with Gasteiger partial charge < -0.3 is 14.8 Å². The van der Waals surface area contributed by atoms with E-state index in [9.17, 15) is 0 Å². The van der Waals surface area contributed by atoms with Crippen molar-refractivity contribution in [3.05, 3.63) is 47.5 Å². The molecule has 0 radical (unpaired) electrons. The smallest absolute Gasteiger partial charge is 0.194 e. The van der Waals surface area contributed by atoms with E-state index in [1.54, 1.807) is 6.33 Å². The Kier molecular flexibility index (Phi) is 8.25. The van der Waals surface area contributed by atoms with Crippen LogP contribution in [0.25, 0.3) is 0 Å². The molecule has 0 bridgehead atoms. The predicted octanol–water partition coefficient (Wildman–Crippen LogP) is 2.71. The summed E-state index contributed by atoms with van der Waals surface area (Å²) in [6.45, 7) is 15.4. The Bertz CT molecular complexity index is 805. The molecule has 7 nitrogen and oxygen atoms in total. The molecule has 0 amide bonds. The summed E-state index contributed by atoms with van der Waals surface area (Å²) >= 11 is 0. The van der Waals surface area contributed by atoms with Crippen molar-refractivity contribution in [2.75, 3.05) is 32.7 Å². The van der Waals surface area contributed by atoms with E-state index in [1.165, 1.54) is 11.1 Å². The van der Waals surface area contributed by atoms with Gasteiger partial charge in [0.25, 0.3) is 0 Å². The fourth-order valence-corrected chi connectivity index (χ4v) is 3.75. The summed E-state index contributed by atoms with van der Waals surface area (Å²) in [4.78, 5) is 9.89. The lowest BCUT2D eigenvalue weighted by Crippen LogP contribution is -2.53. The van der Waals surface area contributed by atoms with Crippen LogP contribution in [0.15, 0.2) is 35.6 Å². The number of aryl methyl sites for hydroxylation is 2. The van der Waals surface area contributed by atoms with E-state index in [-0.39, 0.29) is 0 Å². The van der Waals surface area contributed by atoms with Crippen molar-refractivity contribution < 1.29 is 0 Å². The zero-order valence-corrected chi connectivity index (χ0v) is 19.0. The van der Waals surface area contributed by atoms with Gasteiger partial charge in [-0.2, -0.15) is 0 Å². The molecular weight excluding hydrogens is 374 g/mol. The molecule has 2 aromatic rings.